The zero-order valence-electron chi connectivity index (χ0n) is 14.8. The number of hydrogen-bond donors (Lipinski definition) is 0. The number of nitrogens with zero attached hydrogens (tertiary/aromatic N) is 4. The van der Waals surface area contributed by atoms with Crippen molar-refractivity contribution in [2.24, 2.45) is 0 Å². The van der Waals surface area contributed by atoms with Crippen LogP contribution in [0.4, 0.5) is 10.3 Å². The maximum absolute atomic E-state index is 13.1. The molecule has 1 unspecified atom stereocenters. The van der Waals surface area contributed by atoms with Crippen molar-refractivity contribution in [3.8, 4) is 0 Å². The van der Waals surface area contributed by atoms with Crippen molar-refractivity contribution in [1.29, 1.82) is 0 Å². The van der Waals surface area contributed by atoms with Gasteiger partial charge in [0.25, 0.3) is 0 Å². The molecule has 2 aliphatic heterocycles. The van der Waals surface area contributed by atoms with E-state index in [2.05, 4.69) is 31.9 Å². The van der Waals surface area contributed by atoms with Crippen molar-refractivity contribution in [2.75, 3.05) is 18.0 Å². The van der Waals surface area contributed by atoms with Gasteiger partial charge in [-0.25, -0.2) is 14.4 Å². The third kappa shape index (κ3) is 3.28. The van der Waals surface area contributed by atoms with E-state index < -0.39 is 5.82 Å². The molecule has 0 bridgehead atoms. The largest absolute Gasteiger partial charge is 0.341 e. The molecule has 2 fully saturated rings. The molecule has 1 amide bonds. The van der Waals surface area contributed by atoms with Crippen LogP contribution in [0.15, 0.2) is 42.7 Å². The molecule has 3 heterocycles. The number of anilines is 1. The first-order valence-corrected chi connectivity index (χ1v) is 9.23. The number of amides is 1. The summed E-state index contributed by atoms with van der Waals surface area (Å²) in [5.41, 5.74) is 1.09. The van der Waals surface area contributed by atoms with E-state index in [1.54, 1.807) is 0 Å². The molecule has 5 nitrogen and oxygen atoms in total. The summed E-state index contributed by atoms with van der Waals surface area (Å²) in [6.45, 7) is 2.29. The second-order valence-corrected chi connectivity index (χ2v) is 7.23. The fraction of sp³-hybridized carbons (Fsp3) is 0.450. The van der Waals surface area contributed by atoms with E-state index >= 15 is 0 Å². The standard InChI is InChI=1S/C20H23FN4O/c21-17-13-22-19(23-14-17)24-11-4-8-20(10-12-24)9-7-18(26)25(20)15-16-5-2-1-3-6-16/h1-3,5-6,13-14H,4,7-12,15H2. The van der Waals surface area contributed by atoms with Gasteiger partial charge in [-0.1, -0.05) is 30.3 Å². The summed E-state index contributed by atoms with van der Waals surface area (Å²) in [5.74, 6) is 0.401. The zero-order chi connectivity index (χ0) is 18.0. The van der Waals surface area contributed by atoms with Crippen LogP contribution in [-0.4, -0.2) is 39.4 Å². The predicted molar refractivity (Wildman–Crippen MR) is 97.0 cm³/mol. The van der Waals surface area contributed by atoms with Crippen LogP contribution in [-0.2, 0) is 11.3 Å². The molecule has 1 spiro atoms. The third-order valence-electron chi connectivity index (χ3n) is 5.67. The highest BCUT2D eigenvalue weighted by molar-refractivity contribution is 5.79. The molecule has 136 valence electrons. The Labute approximate surface area is 152 Å². The van der Waals surface area contributed by atoms with Crippen LogP contribution in [0, 0.1) is 5.82 Å². The van der Waals surface area contributed by atoms with Crippen molar-refractivity contribution < 1.29 is 9.18 Å². The minimum Gasteiger partial charge on any atom is -0.341 e. The zero-order valence-corrected chi connectivity index (χ0v) is 14.8. The Bertz CT molecular complexity index is 767. The molecule has 2 aliphatic rings. The molecule has 2 saturated heterocycles. The smallest absolute Gasteiger partial charge is 0.225 e. The molecule has 0 aliphatic carbocycles. The van der Waals surface area contributed by atoms with Gasteiger partial charge in [-0.15, -0.1) is 0 Å². The summed E-state index contributed by atoms with van der Waals surface area (Å²) in [4.78, 5) is 25.0. The third-order valence-corrected chi connectivity index (χ3v) is 5.67. The lowest BCUT2D eigenvalue weighted by atomic mass is 9.87. The first kappa shape index (κ1) is 16.9. The van der Waals surface area contributed by atoms with Crippen molar-refractivity contribution in [3.63, 3.8) is 0 Å². The Morgan fingerprint density at radius 3 is 2.58 bits per heavy atom. The molecule has 0 N–H and O–H groups in total. The van der Waals surface area contributed by atoms with Crippen LogP contribution < -0.4 is 4.90 Å². The minimum atomic E-state index is -0.421. The van der Waals surface area contributed by atoms with E-state index in [0.717, 1.165) is 38.8 Å². The molecular formula is C20H23FN4O. The quantitative estimate of drug-likeness (QED) is 0.850. The first-order chi connectivity index (χ1) is 12.7. The van der Waals surface area contributed by atoms with Crippen molar-refractivity contribution >= 4 is 11.9 Å². The summed E-state index contributed by atoms with van der Waals surface area (Å²) in [6.07, 6.45) is 6.82. The van der Waals surface area contributed by atoms with E-state index in [1.165, 1.54) is 18.0 Å². The van der Waals surface area contributed by atoms with Crippen LogP contribution in [0.2, 0.25) is 0 Å². The van der Waals surface area contributed by atoms with Gasteiger partial charge in [-0.3, -0.25) is 4.79 Å². The highest BCUT2D eigenvalue weighted by atomic mass is 19.1. The predicted octanol–water partition coefficient (Wildman–Crippen LogP) is 3.17. The number of likely N-dealkylation sites (tertiary alicyclic amines) is 1. The van der Waals surface area contributed by atoms with Crippen molar-refractivity contribution in [1.82, 2.24) is 14.9 Å². The van der Waals surface area contributed by atoms with Gasteiger partial charge in [-0.2, -0.15) is 0 Å². The van der Waals surface area contributed by atoms with Gasteiger partial charge in [0.15, 0.2) is 5.82 Å². The van der Waals surface area contributed by atoms with Gasteiger partial charge < -0.3 is 9.80 Å². The average molecular weight is 354 g/mol. The number of aromatic nitrogens is 2. The molecule has 4 rings (SSSR count). The molecule has 1 aromatic carbocycles. The van der Waals surface area contributed by atoms with Crippen LogP contribution in [0.25, 0.3) is 0 Å². The second kappa shape index (κ2) is 7.02. The maximum Gasteiger partial charge on any atom is 0.225 e. The highest BCUT2D eigenvalue weighted by Crippen LogP contribution is 2.40. The van der Waals surface area contributed by atoms with Gasteiger partial charge >= 0.3 is 0 Å². The number of carbonyl (C=O) groups excluding carboxylic acids is 1. The van der Waals surface area contributed by atoms with Crippen LogP contribution >= 0.6 is 0 Å². The molecular weight excluding hydrogens is 331 g/mol. The summed E-state index contributed by atoms with van der Waals surface area (Å²) in [6, 6.07) is 10.2. The van der Waals surface area contributed by atoms with E-state index in [9.17, 15) is 9.18 Å². The average Bonchev–Trinajstić information content (AvgIpc) is 2.84. The number of hydrogen-bond acceptors (Lipinski definition) is 4. The van der Waals surface area contributed by atoms with Gasteiger partial charge in [0.2, 0.25) is 11.9 Å². The van der Waals surface area contributed by atoms with Crippen LogP contribution in [0.1, 0.15) is 37.7 Å². The fourth-order valence-corrected chi connectivity index (χ4v) is 4.26. The lowest BCUT2D eigenvalue weighted by Gasteiger charge is -2.38. The molecule has 26 heavy (non-hydrogen) atoms. The lowest BCUT2D eigenvalue weighted by Crippen LogP contribution is -2.46. The topological polar surface area (TPSA) is 49.3 Å². The Morgan fingerprint density at radius 2 is 1.81 bits per heavy atom. The molecule has 1 aromatic heterocycles. The number of rotatable bonds is 3. The van der Waals surface area contributed by atoms with Gasteiger partial charge in [-0.05, 0) is 31.2 Å². The SMILES string of the molecule is O=C1CCC2(CCCN(c3ncc(F)cn3)CC2)N1Cc1ccccc1. The van der Waals surface area contributed by atoms with E-state index in [-0.39, 0.29) is 11.4 Å². The Hall–Kier alpha value is -2.50. The monoisotopic (exact) mass is 354 g/mol. The number of benzene rings is 1. The molecule has 0 saturated carbocycles. The summed E-state index contributed by atoms with van der Waals surface area (Å²) in [5, 5.41) is 0. The number of carbonyl (C=O) groups is 1. The van der Waals surface area contributed by atoms with Crippen LogP contribution in [0.3, 0.4) is 0 Å². The van der Waals surface area contributed by atoms with Crippen LogP contribution in [0.5, 0.6) is 0 Å². The molecule has 0 radical (unpaired) electrons. The highest BCUT2D eigenvalue weighted by Gasteiger charge is 2.45. The van der Waals surface area contributed by atoms with E-state index in [4.69, 9.17) is 0 Å². The Kier molecular flexibility index (Phi) is 4.57. The van der Waals surface area contributed by atoms with Crippen molar-refractivity contribution in [3.05, 3.63) is 54.1 Å². The maximum atomic E-state index is 13.1. The fourth-order valence-electron chi connectivity index (χ4n) is 4.26. The summed E-state index contributed by atoms with van der Waals surface area (Å²) in [7, 11) is 0. The van der Waals surface area contributed by atoms with Gasteiger partial charge in [0, 0.05) is 31.6 Å². The van der Waals surface area contributed by atoms with Gasteiger partial charge in [0.1, 0.15) is 0 Å². The summed E-state index contributed by atoms with van der Waals surface area (Å²) >= 11 is 0. The Balaban J connectivity index is 1.52. The molecule has 2 aromatic rings. The van der Waals surface area contributed by atoms with Crippen molar-refractivity contribution in [2.45, 2.75) is 44.2 Å². The van der Waals surface area contributed by atoms with E-state index in [1.807, 2.05) is 18.2 Å². The summed E-state index contributed by atoms with van der Waals surface area (Å²) < 4.78 is 13.1. The number of halogens is 1. The first-order valence-electron chi connectivity index (χ1n) is 9.23. The normalized spacial score (nSPS) is 23.5. The lowest BCUT2D eigenvalue weighted by molar-refractivity contribution is -0.132. The van der Waals surface area contributed by atoms with Gasteiger partial charge in [0.05, 0.1) is 12.4 Å². The molecule has 6 heteroatoms. The molecule has 1 atom stereocenters. The second-order valence-electron chi connectivity index (χ2n) is 7.23. The van der Waals surface area contributed by atoms with E-state index in [0.29, 0.717) is 18.9 Å². The minimum absolute atomic E-state index is 0.0816. The Morgan fingerprint density at radius 1 is 1.04 bits per heavy atom.